The van der Waals surface area contributed by atoms with Gasteiger partial charge in [0.05, 0.1) is 55.1 Å². The number of halogens is 1. The van der Waals surface area contributed by atoms with E-state index in [1.807, 2.05) is 53.6 Å². The van der Waals surface area contributed by atoms with Crippen molar-refractivity contribution >= 4 is 41.1 Å². The fourth-order valence-corrected chi connectivity index (χ4v) is 9.14. The third kappa shape index (κ3) is 9.93. The van der Waals surface area contributed by atoms with Gasteiger partial charge in [-0.3, -0.25) is 14.4 Å². The lowest BCUT2D eigenvalue weighted by atomic mass is 9.73. The van der Waals surface area contributed by atoms with Crippen molar-refractivity contribution in [1.29, 1.82) is 0 Å². The number of carbonyl (C=O) groups is 4. The Labute approximate surface area is 340 Å². The first-order valence-corrected chi connectivity index (χ1v) is 20.3. The molecule has 15 nitrogen and oxygen atoms in total. The number of alkyl carbamates (subject to hydrolysis) is 1. The number of rotatable bonds is 7. The molecule has 0 radical (unpaired) electrons. The van der Waals surface area contributed by atoms with Crippen molar-refractivity contribution in [2.24, 2.45) is 28.8 Å². The van der Waals surface area contributed by atoms with Gasteiger partial charge in [0, 0.05) is 29.7 Å². The molecule has 5 rings (SSSR count). The molecule has 318 valence electrons. The van der Waals surface area contributed by atoms with Gasteiger partial charge in [-0.05, 0) is 85.3 Å². The first-order chi connectivity index (χ1) is 26.8. The molecule has 1 N–H and O–H groups in total. The fraction of sp³-hybridized carbons (Fsp3) is 0.732. The van der Waals surface area contributed by atoms with Crippen molar-refractivity contribution in [3.05, 3.63) is 29.3 Å². The number of nitrogens with one attached hydrogen (secondary N) is 1. The Kier molecular flexibility index (Phi) is 14.4. The number of carbonyl (C=O) groups excluding carboxylic acids is 4. The number of Topliss-reactive ketones (excluding diaryl/α,β-unsaturated/α-hetero) is 1. The normalized spacial score (nSPS) is 40.2. The first-order valence-electron chi connectivity index (χ1n) is 19.9. The number of hydrogen-bond donors (Lipinski definition) is 1. The standard InChI is InChI=1S/C41H60ClN3O12/c1-12-31-41(9)35(43-39(49)56-41)23(4)32(47)21(2)18-40(8)36(55-38-34(53-26(7)46)30(45(10)11)17-22(3)52-38)24(5)33(25(6)37(48)54-31)50-19-28(20-51-40)44-57-29-15-13-27(42)14-16-29/h13-16,21-25,30-31,33-36,38H,12,17-20H2,1-11H3,(H,43,49)/b44-28-/t21-,22-,23+,24+,25-,30+,31-,33+,34-,35-,36-,38+,40-,41-/m1/s1. The van der Waals surface area contributed by atoms with Gasteiger partial charge in [0.2, 0.25) is 0 Å². The maximum absolute atomic E-state index is 14.5. The highest BCUT2D eigenvalue weighted by Gasteiger charge is 2.58. The lowest BCUT2D eigenvalue weighted by Crippen LogP contribution is -2.61. The van der Waals surface area contributed by atoms with Crippen LogP contribution in [0.2, 0.25) is 5.02 Å². The predicted molar refractivity (Wildman–Crippen MR) is 209 cm³/mol. The van der Waals surface area contributed by atoms with Gasteiger partial charge in [0.25, 0.3) is 0 Å². The van der Waals surface area contributed by atoms with Gasteiger partial charge in [-0.2, -0.15) is 0 Å². The van der Waals surface area contributed by atoms with Gasteiger partial charge in [-0.15, -0.1) is 0 Å². The Morgan fingerprint density at radius 2 is 1.72 bits per heavy atom. The van der Waals surface area contributed by atoms with Gasteiger partial charge in [0.1, 0.15) is 17.6 Å². The van der Waals surface area contributed by atoms with E-state index < -0.39 is 89.7 Å². The second-order valence-electron chi connectivity index (χ2n) is 16.8. The molecule has 1 aromatic carbocycles. The molecule has 14 atom stereocenters. The Bertz CT molecular complexity index is 1640. The Morgan fingerprint density at radius 3 is 2.35 bits per heavy atom. The minimum absolute atomic E-state index is 0.0944. The number of cyclic esters (lactones) is 1. The Balaban J connectivity index is 1.65. The minimum atomic E-state index is -1.34. The van der Waals surface area contributed by atoms with Crippen molar-refractivity contribution in [3.63, 3.8) is 0 Å². The summed E-state index contributed by atoms with van der Waals surface area (Å²) < 4.78 is 45.0. The zero-order valence-electron chi connectivity index (χ0n) is 34.9. The highest BCUT2D eigenvalue weighted by atomic mass is 35.5. The Hall–Kier alpha value is -3.34. The molecule has 0 aliphatic carbocycles. The van der Waals surface area contributed by atoms with Crippen LogP contribution in [0.1, 0.15) is 81.6 Å². The molecule has 2 bridgehead atoms. The summed E-state index contributed by atoms with van der Waals surface area (Å²) in [6, 6.07) is 5.65. The minimum Gasteiger partial charge on any atom is -0.458 e. The van der Waals surface area contributed by atoms with Crippen LogP contribution in [-0.4, -0.2) is 122 Å². The third-order valence-corrected chi connectivity index (χ3v) is 12.3. The summed E-state index contributed by atoms with van der Waals surface area (Å²) in [4.78, 5) is 62.0. The molecule has 16 heteroatoms. The summed E-state index contributed by atoms with van der Waals surface area (Å²) in [6.07, 6.45) is -4.57. The second-order valence-corrected chi connectivity index (χ2v) is 17.2. The van der Waals surface area contributed by atoms with Crippen molar-refractivity contribution < 1.29 is 57.2 Å². The topological polar surface area (TPSA) is 170 Å². The number of benzene rings is 1. The van der Waals surface area contributed by atoms with E-state index in [9.17, 15) is 19.2 Å². The van der Waals surface area contributed by atoms with Crippen LogP contribution >= 0.6 is 11.6 Å². The fourth-order valence-electron chi connectivity index (χ4n) is 9.01. The van der Waals surface area contributed by atoms with E-state index in [1.165, 1.54) is 6.92 Å². The van der Waals surface area contributed by atoms with E-state index in [-0.39, 0.29) is 37.6 Å². The molecule has 0 unspecified atom stereocenters. The molecule has 1 aromatic rings. The van der Waals surface area contributed by atoms with Crippen molar-refractivity contribution in [2.45, 2.75) is 142 Å². The largest absolute Gasteiger partial charge is 0.458 e. The molecule has 1 amide bonds. The molecule has 4 aliphatic rings. The zero-order valence-corrected chi connectivity index (χ0v) is 35.7. The quantitative estimate of drug-likeness (QED) is 0.213. The maximum atomic E-state index is 14.5. The lowest BCUT2D eigenvalue weighted by molar-refractivity contribution is -0.304. The summed E-state index contributed by atoms with van der Waals surface area (Å²) >= 11 is 6.09. The number of ketones is 1. The Morgan fingerprint density at radius 1 is 1.04 bits per heavy atom. The van der Waals surface area contributed by atoms with Gasteiger partial charge in [-0.1, -0.05) is 44.5 Å². The number of oxime groups is 1. The smallest absolute Gasteiger partial charge is 0.408 e. The molecule has 0 aromatic heterocycles. The van der Waals surface area contributed by atoms with Crippen LogP contribution in [0.25, 0.3) is 0 Å². The van der Waals surface area contributed by atoms with E-state index in [4.69, 9.17) is 49.6 Å². The molecule has 0 spiro atoms. The summed E-state index contributed by atoms with van der Waals surface area (Å²) in [5.74, 6) is -3.78. The molecular weight excluding hydrogens is 762 g/mol. The van der Waals surface area contributed by atoms with Crippen LogP contribution in [0.4, 0.5) is 4.79 Å². The predicted octanol–water partition coefficient (Wildman–Crippen LogP) is 5.34. The van der Waals surface area contributed by atoms with E-state index in [1.54, 1.807) is 45.0 Å². The number of ether oxygens (including phenoxy) is 7. The maximum Gasteiger partial charge on any atom is 0.408 e. The summed E-state index contributed by atoms with van der Waals surface area (Å²) in [5, 5.41) is 7.77. The molecule has 4 saturated heterocycles. The van der Waals surface area contributed by atoms with Crippen LogP contribution in [-0.2, 0) is 47.5 Å². The van der Waals surface area contributed by atoms with E-state index in [0.29, 0.717) is 29.3 Å². The van der Waals surface area contributed by atoms with Crippen molar-refractivity contribution in [2.75, 3.05) is 27.3 Å². The zero-order chi connectivity index (χ0) is 42.0. The second kappa shape index (κ2) is 18.3. The molecular formula is C41H60ClN3O12. The number of amides is 1. The van der Waals surface area contributed by atoms with Gasteiger partial charge in [0.15, 0.2) is 23.7 Å². The average Bonchev–Trinajstić information content (AvgIpc) is 3.48. The van der Waals surface area contributed by atoms with Gasteiger partial charge < -0.3 is 48.2 Å². The van der Waals surface area contributed by atoms with E-state index in [2.05, 4.69) is 10.5 Å². The number of likely N-dealkylation sites (N-methyl/N-ethyl adjacent to an activating group) is 1. The molecule has 4 heterocycles. The average molecular weight is 822 g/mol. The van der Waals surface area contributed by atoms with Crippen LogP contribution in [0.3, 0.4) is 0 Å². The number of hydrogen-bond acceptors (Lipinski definition) is 14. The SMILES string of the molecule is CC[C@H]1OC(=O)[C@H](C)[C@H]2OC/C(=N/Oc3ccc(Cl)cc3)CO[C@](C)(C[C@@H](C)C(=O)[C@H](C)[C@H]3NC(=O)O[C@@]31C)[C@H](O[C@@H]1O[C@H](C)C[C@H](N(C)C)[C@H]1OC(C)=O)[C@H]2C. The third-order valence-electron chi connectivity index (χ3n) is 12.0. The first kappa shape index (κ1) is 44.8. The van der Waals surface area contributed by atoms with E-state index >= 15 is 0 Å². The van der Waals surface area contributed by atoms with Crippen LogP contribution in [0.5, 0.6) is 5.75 Å². The summed E-state index contributed by atoms with van der Waals surface area (Å²) in [7, 11) is 3.81. The molecule has 57 heavy (non-hydrogen) atoms. The summed E-state index contributed by atoms with van der Waals surface area (Å²) in [6.45, 7) is 15.6. The highest BCUT2D eigenvalue weighted by molar-refractivity contribution is 6.30. The monoisotopic (exact) mass is 821 g/mol. The van der Waals surface area contributed by atoms with Crippen LogP contribution in [0.15, 0.2) is 29.4 Å². The van der Waals surface area contributed by atoms with Gasteiger partial charge >= 0.3 is 18.0 Å². The van der Waals surface area contributed by atoms with Crippen molar-refractivity contribution in [3.8, 4) is 5.75 Å². The van der Waals surface area contributed by atoms with Crippen LogP contribution < -0.4 is 10.2 Å². The molecule has 4 fully saturated rings. The lowest BCUT2D eigenvalue weighted by Gasteiger charge is -2.49. The van der Waals surface area contributed by atoms with Crippen LogP contribution in [0, 0.1) is 23.7 Å². The number of fused-ring (bicyclic) bond motifs is 4. The van der Waals surface area contributed by atoms with Crippen molar-refractivity contribution in [1.82, 2.24) is 10.2 Å². The summed E-state index contributed by atoms with van der Waals surface area (Å²) in [5.41, 5.74) is -2.27. The highest BCUT2D eigenvalue weighted by Crippen LogP contribution is 2.42. The van der Waals surface area contributed by atoms with E-state index in [0.717, 1.165) is 0 Å². The molecule has 4 aliphatic heterocycles. The molecule has 0 saturated carbocycles. The van der Waals surface area contributed by atoms with Gasteiger partial charge in [-0.25, -0.2) is 4.79 Å². The number of esters is 2. The number of nitrogens with zero attached hydrogens (tertiary/aromatic N) is 2.